The first kappa shape index (κ1) is 17.7. The van der Waals surface area contributed by atoms with Crippen LogP contribution in [0.1, 0.15) is 22.5 Å². The van der Waals surface area contributed by atoms with Crippen molar-refractivity contribution in [3.8, 4) is 17.0 Å². The van der Waals surface area contributed by atoms with E-state index in [1.807, 2.05) is 0 Å². The average Bonchev–Trinajstić information content (AvgIpc) is 2.83. The molecule has 130 valence electrons. The standard InChI is InChI=1S/C14H12F5N3O2/c1-22-11(9(13(20)23)10(21-22)12(15)16)7-2-4-8(5-3-7)24-6-14(17,18)19/h2-5,12H,6H2,1H3,(H2,20,23). The number of aromatic nitrogens is 2. The third-order valence-corrected chi connectivity index (χ3v) is 3.06. The molecule has 5 nitrogen and oxygen atoms in total. The number of ether oxygens (including phenoxy) is 1. The summed E-state index contributed by atoms with van der Waals surface area (Å²) in [5, 5.41) is 3.58. The van der Waals surface area contributed by atoms with E-state index in [4.69, 9.17) is 5.73 Å². The number of amides is 1. The molecule has 2 N–H and O–H groups in total. The molecular formula is C14H12F5N3O2. The number of aryl methyl sites for hydroxylation is 1. The Bertz CT molecular complexity index is 738. The highest BCUT2D eigenvalue weighted by Crippen LogP contribution is 2.32. The molecule has 1 aromatic heterocycles. The molecule has 1 heterocycles. The monoisotopic (exact) mass is 349 g/mol. The van der Waals surface area contributed by atoms with Gasteiger partial charge < -0.3 is 10.5 Å². The zero-order valence-electron chi connectivity index (χ0n) is 12.3. The van der Waals surface area contributed by atoms with E-state index in [1.165, 1.54) is 31.3 Å². The van der Waals surface area contributed by atoms with Gasteiger partial charge in [-0.15, -0.1) is 0 Å². The maximum atomic E-state index is 13.0. The third kappa shape index (κ3) is 3.81. The van der Waals surface area contributed by atoms with E-state index in [-0.39, 0.29) is 17.0 Å². The van der Waals surface area contributed by atoms with Crippen LogP contribution in [0.15, 0.2) is 24.3 Å². The van der Waals surface area contributed by atoms with Gasteiger partial charge in [-0.05, 0) is 24.3 Å². The van der Waals surface area contributed by atoms with Crippen LogP contribution in [0.2, 0.25) is 0 Å². The smallest absolute Gasteiger partial charge is 0.422 e. The van der Waals surface area contributed by atoms with Gasteiger partial charge in [-0.2, -0.15) is 18.3 Å². The molecular weight excluding hydrogens is 337 g/mol. The molecule has 1 amide bonds. The van der Waals surface area contributed by atoms with Gasteiger partial charge in [0, 0.05) is 12.6 Å². The van der Waals surface area contributed by atoms with Crippen molar-refractivity contribution in [2.45, 2.75) is 12.6 Å². The number of hydrogen-bond donors (Lipinski definition) is 1. The van der Waals surface area contributed by atoms with Gasteiger partial charge in [0.05, 0.1) is 11.3 Å². The summed E-state index contributed by atoms with van der Waals surface area (Å²) < 4.78 is 67.8. The van der Waals surface area contributed by atoms with E-state index in [2.05, 4.69) is 9.84 Å². The summed E-state index contributed by atoms with van der Waals surface area (Å²) in [5.41, 5.74) is 4.29. The predicted octanol–water partition coefficient (Wildman–Crippen LogP) is 3.06. The number of hydrogen-bond acceptors (Lipinski definition) is 3. The highest BCUT2D eigenvalue weighted by atomic mass is 19.4. The van der Waals surface area contributed by atoms with Gasteiger partial charge in [0.15, 0.2) is 6.61 Å². The summed E-state index contributed by atoms with van der Waals surface area (Å²) >= 11 is 0. The Morgan fingerprint density at radius 3 is 2.33 bits per heavy atom. The van der Waals surface area contributed by atoms with Crippen molar-refractivity contribution >= 4 is 5.91 Å². The van der Waals surface area contributed by atoms with Gasteiger partial charge in [0.1, 0.15) is 11.4 Å². The van der Waals surface area contributed by atoms with E-state index in [0.29, 0.717) is 0 Å². The zero-order chi connectivity index (χ0) is 18.1. The molecule has 0 atom stereocenters. The van der Waals surface area contributed by atoms with Gasteiger partial charge in [0.25, 0.3) is 12.3 Å². The Balaban J connectivity index is 2.37. The van der Waals surface area contributed by atoms with Crippen molar-refractivity contribution in [1.82, 2.24) is 9.78 Å². The summed E-state index contributed by atoms with van der Waals surface area (Å²) in [6.07, 6.45) is -7.48. The van der Waals surface area contributed by atoms with E-state index < -0.39 is 36.4 Å². The highest BCUT2D eigenvalue weighted by Gasteiger charge is 2.29. The molecule has 1 aromatic carbocycles. The Morgan fingerprint density at radius 1 is 1.29 bits per heavy atom. The summed E-state index contributed by atoms with van der Waals surface area (Å²) in [4.78, 5) is 11.5. The van der Waals surface area contributed by atoms with Crippen LogP contribution in [-0.4, -0.2) is 28.5 Å². The van der Waals surface area contributed by atoms with E-state index >= 15 is 0 Å². The van der Waals surface area contributed by atoms with Crippen LogP contribution in [0, 0.1) is 0 Å². The van der Waals surface area contributed by atoms with Gasteiger partial charge in [-0.3, -0.25) is 9.48 Å². The third-order valence-electron chi connectivity index (χ3n) is 3.06. The Labute approximate surface area is 132 Å². The summed E-state index contributed by atoms with van der Waals surface area (Å²) in [5.74, 6) is -1.14. The number of nitrogens with zero attached hydrogens (tertiary/aromatic N) is 2. The minimum Gasteiger partial charge on any atom is -0.484 e. The number of halogens is 5. The Morgan fingerprint density at radius 2 is 1.88 bits per heavy atom. The molecule has 0 aliphatic rings. The van der Waals surface area contributed by atoms with Crippen LogP contribution >= 0.6 is 0 Å². The second kappa shape index (κ2) is 6.46. The summed E-state index contributed by atoms with van der Waals surface area (Å²) in [6.45, 7) is -1.46. The van der Waals surface area contributed by atoms with Gasteiger partial charge in [0.2, 0.25) is 0 Å². The number of primary amides is 1. The van der Waals surface area contributed by atoms with Crippen LogP contribution in [0.3, 0.4) is 0 Å². The van der Waals surface area contributed by atoms with Crippen molar-refractivity contribution in [3.63, 3.8) is 0 Å². The van der Waals surface area contributed by atoms with Crippen molar-refractivity contribution in [2.24, 2.45) is 12.8 Å². The topological polar surface area (TPSA) is 70.1 Å². The average molecular weight is 349 g/mol. The second-order valence-corrected chi connectivity index (χ2v) is 4.83. The lowest BCUT2D eigenvalue weighted by Crippen LogP contribution is -2.19. The minimum atomic E-state index is -4.48. The quantitative estimate of drug-likeness (QED) is 0.844. The van der Waals surface area contributed by atoms with Crippen LogP contribution in [0.5, 0.6) is 5.75 Å². The molecule has 0 aliphatic heterocycles. The van der Waals surface area contributed by atoms with Crippen molar-refractivity contribution in [1.29, 1.82) is 0 Å². The fourth-order valence-electron chi connectivity index (χ4n) is 2.15. The largest absolute Gasteiger partial charge is 0.484 e. The van der Waals surface area contributed by atoms with E-state index in [1.54, 1.807) is 0 Å². The van der Waals surface area contributed by atoms with Crippen molar-refractivity contribution in [3.05, 3.63) is 35.5 Å². The lowest BCUT2D eigenvalue weighted by molar-refractivity contribution is -0.153. The molecule has 0 radical (unpaired) electrons. The van der Waals surface area contributed by atoms with Crippen LogP contribution in [-0.2, 0) is 7.05 Å². The lowest BCUT2D eigenvalue weighted by Gasteiger charge is -2.10. The molecule has 2 rings (SSSR count). The maximum absolute atomic E-state index is 13.0. The predicted molar refractivity (Wildman–Crippen MR) is 73.7 cm³/mol. The molecule has 0 unspecified atom stereocenters. The molecule has 10 heteroatoms. The van der Waals surface area contributed by atoms with Crippen molar-refractivity contribution < 1.29 is 31.5 Å². The first-order chi connectivity index (χ1) is 11.1. The van der Waals surface area contributed by atoms with E-state index in [0.717, 1.165) is 4.68 Å². The number of benzene rings is 1. The highest BCUT2D eigenvalue weighted by molar-refractivity contribution is 6.00. The normalized spacial score (nSPS) is 11.8. The lowest BCUT2D eigenvalue weighted by atomic mass is 10.0. The fraction of sp³-hybridized carbons (Fsp3) is 0.286. The fourth-order valence-corrected chi connectivity index (χ4v) is 2.15. The van der Waals surface area contributed by atoms with Crippen LogP contribution < -0.4 is 10.5 Å². The van der Waals surface area contributed by atoms with Gasteiger partial charge in [-0.25, -0.2) is 8.78 Å². The van der Waals surface area contributed by atoms with E-state index in [9.17, 15) is 26.7 Å². The first-order valence-electron chi connectivity index (χ1n) is 6.55. The molecule has 0 bridgehead atoms. The Kier molecular flexibility index (Phi) is 4.76. The molecule has 0 saturated carbocycles. The van der Waals surface area contributed by atoms with Crippen LogP contribution in [0.25, 0.3) is 11.3 Å². The number of carbonyl (C=O) groups is 1. The number of rotatable bonds is 5. The molecule has 0 aliphatic carbocycles. The van der Waals surface area contributed by atoms with Gasteiger partial charge in [-0.1, -0.05) is 0 Å². The molecule has 0 fully saturated rings. The Hall–Kier alpha value is -2.65. The van der Waals surface area contributed by atoms with Gasteiger partial charge >= 0.3 is 6.18 Å². The summed E-state index contributed by atoms with van der Waals surface area (Å²) in [7, 11) is 1.35. The van der Waals surface area contributed by atoms with Crippen molar-refractivity contribution in [2.75, 3.05) is 6.61 Å². The van der Waals surface area contributed by atoms with Crippen LogP contribution in [0.4, 0.5) is 22.0 Å². The zero-order valence-corrected chi connectivity index (χ0v) is 12.3. The molecule has 0 saturated heterocycles. The first-order valence-corrected chi connectivity index (χ1v) is 6.55. The molecule has 24 heavy (non-hydrogen) atoms. The maximum Gasteiger partial charge on any atom is 0.422 e. The number of nitrogens with two attached hydrogens (primary N) is 1. The number of alkyl halides is 5. The SMILES string of the molecule is Cn1nc(C(F)F)c(C(N)=O)c1-c1ccc(OCC(F)(F)F)cc1. The second-order valence-electron chi connectivity index (χ2n) is 4.83. The molecule has 2 aromatic rings. The number of carbonyl (C=O) groups excluding carboxylic acids is 1. The molecule has 0 spiro atoms. The summed E-state index contributed by atoms with van der Waals surface area (Å²) in [6, 6.07) is 5.09. The minimum absolute atomic E-state index is 0.0418.